The zero-order valence-electron chi connectivity index (χ0n) is 12.8. The summed E-state index contributed by atoms with van der Waals surface area (Å²) in [4.78, 5) is 18.0. The molecule has 0 aromatic carbocycles. The van der Waals surface area contributed by atoms with Gasteiger partial charge in [0, 0.05) is 13.1 Å². The third-order valence-corrected chi connectivity index (χ3v) is 4.58. The highest BCUT2D eigenvalue weighted by Crippen LogP contribution is 2.34. The lowest BCUT2D eigenvalue weighted by molar-refractivity contribution is 0.0755. The van der Waals surface area contributed by atoms with Crippen LogP contribution in [-0.4, -0.2) is 28.9 Å². The Morgan fingerprint density at radius 1 is 1.38 bits per heavy atom. The Kier molecular flexibility index (Phi) is 4.87. The second-order valence-electron chi connectivity index (χ2n) is 6.78. The van der Waals surface area contributed by atoms with Gasteiger partial charge in [0.1, 0.15) is 11.0 Å². The van der Waals surface area contributed by atoms with E-state index in [4.69, 9.17) is 11.6 Å². The molecule has 1 aromatic heterocycles. The van der Waals surface area contributed by atoms with E-state index in [9.17, 15) is 9.18 Å². The standard InChI is InChI=1S/C16H22ClFN2O/c1-16(2,3)11-5-4-7-20(8-6-11)15(21)13-9-12(18)10-19-14(13)17/h9-11H,4-8H2,1-3H3. The molecule has 0 saturated carbocycles. The van der Waals surface area contributed by atoms with Gasteiger partial charge in [-0.2, -0.15) is 0 Å². The van der Waals surface area contributed by atoms with Crippen molar-refractivity contribution in [2.24, 2.45) is 11.3 Å². The lowest BCUT2D eigenvalue weighted by Gasteiger charge is -2.29. The molecule has 1 amide bonds. The molecule has 1 aromatic rings. The molecule has 2 rings (SSSR count). The summed E-state index contributed by atoms with van der Waals surface area (Å²) >= 11 is 5.93. The van der Waals surface area contributed by atoms with Crippen LogP contribution >= 0.6 is 11.6 Å². The fourth-order valence-electron chi connectivity index (χ4n) is 2.91. The number of nitrogens with zero attached hydrogens (tertiary/aromatic N) is 2. The minimum atomic E-state index is -0.537. The van der Waals surface area contributed by atoms with Crippen LogP contribution in [0.15, 0.2) is 12.3 Å². The summed E-state index contributed by atoms with van der Waals surface area (Å²) in [5, 5.41) is 0.0676. The third kappa shape index (κ3) is 3.94. The Balaban J connectivity index is 2.12. The van der Waals surface area contributed by atoms with Gasteiger partial charge in [-0.25, -0.2) is 9.37 Å². The molecule has 1 aliphatic heterocycles. The molecule has 0 bridgehead atoms. The Bertz CT molecular complexity index is 527. The molecule has 1 aliphatic rings. The smallest absolute Gasteiger partial charge is 0.257 e. The molecule has 1 atom stereocenters. The zero-order chi connectivity index (χ0) is 15.6. The number of hydrogen-bond acceptors (Lipinski definition) is 2. The number of rotatable bonds is 1. The molecule has 21 heavy (non-hydrogen) atoms. The predicted molar refractivity (Wildman–Crippen MR) is 81.9 cm³/mol. The van der Waals surface area contributed by atoms with Gasteiger partial charge in [0.25, 0.3) is 5.91 Å². The lowest BCUT2D eigenvalue weighted by atomic mass is 9.77. The van der Waals surface area contributed by atoms with Crippen molar-refractivity contribution in [1.82, 2.24) is 9.88 Å². The Morgan fingerprint density at radius 3 is 2.76 bits per heavy atom. The van der Waals surface area contributed by atoms with Crippen molar-refractivity contribution in [2.75, 3.05) is 13.1 Å². The van der Waals surface area contributed by atoms with Gasteiger partial charge in [-0.1, -0.05) is 32.4 Å². The van der Waals surface area contributed by atoms with E-state index in [1.807, 2.05) is 0 Å². The molecule has 116 valence electrons. The predicted octanol–water partition coefficient (Wildman–Crippen LogP) is 4.16. The molecule has 0 N–H and O–H groups in total. The molecule has 0 aliphatic carbocycles. The van der Waals surface area contributed by atoms with Gasteiger partial charge in [0.2, 0.25) is 0 Å². The van der Waals surface area contributed by atoms with Crippen molar-refractivity contribution in [3.8, 4) is 0 Å². The van der Waals surface area contributed by atoms with Gasteiger partial charge < -0.3 is 4.90 Å². The zero-order valence-corrected chi connectivity index (χ0v) is 13.6. The fraction of sp³-hybridized carbons (Fsp3) is 0.625. The highest BCUT2D eigenvalue weighted by Gasteiger charge is 2.29. The third-order valence-electron chi connectivity index (χ3n) is 4.28. The molecule has 1 unspecified atom stereocenters. The summed E-state index contributed by atoms with van der Waals surface area (Å²) in [7, 11) is 0. The van der Waals surface area contributed by atoms with Crippen LogP contribution < -0.4 is 0 Å². The van der Waals surface area contributed by atoms with Crippen molar-refractivity contribution >= 4 is 17.5 Å². The largest absolute Gasteiger partial charge is 0.339 e. The van der Waals surface area contributed by atoms with E-state index in [0.29, 0.717) is 19.0 Å². The molecule has 2 heterocycles. The van der Waals surface area contributed by atoms with Crippen LogP contribution in [0, 0.1) is 17.2 Å². The molecule has 1 fully saturated rings. The van der Waals surface area contributed by atoms with Gasteiger partial charge in [-0.15, -0.1) is 0 Å². The highest BCUT2D eigenvalue weighted by molar-refractivity contribution is 6.32. The number of halogens is 2. The average molecular weight is 313 g/mol. The van der Waals surface area contributed by atoms with Gasteiger partial charge in [0.15, 0.2) is 0 Å². The minimum absolute atomic E-state index is 0.0676. The molecule has 1 saturated heterocycles. The van der Waals surface area contributed by atoms with Gasteiger partial charge >= 0.3 is 0 Å². The maximum Gasteiger partial charge on any atom is 0.257 e. The Morgan fingerprint density at radius 2 is 2.10 bits per heavy atom. The number of hydrogen-bond donors (Lipinski definition) is 0. The van der Waals surface area contributed by atoms with Crippen LogP contribution in [0.4, 0.5) is 4.39 Å². The summed E-state index contributed by atoms with van der Waals surface area (Å²) in [5.74, 6) is -0.164. The first kappa shape index (κ1) is 16.2. The van der Waals surface area contributed by atoms with E-state index in [1.54, 1.807) is 4.90 Å². The van der Waals surface area contributed by atoms with Crippen molar-refractivity contribution in [1.29, 1.82) is 0 Å². The van der Waals surface area contributed by atoms with E-state index in [1.165, 1.54) is 6.07 Å². The quantitative estimate of drug-likeness (QED) is 0.729. The van der Waals surface area contributed by atoms with Crippen LogP contribution in [0.2, 0.25) is 5.15 Å². The highest BCUT2D eigenvalue weighted by atomic mass is 35.5. The maximum atomic E-state index is 13.3. The Labute approximate surface area is 130 Å². The van der Waals surface area contributed by atoms with E-state index in [0.717, 1.165) is 25.5 Å². The van der Waals surface area contributed by atoms with Crippen molar-refractivity contribution < 1.29 is 9.18 Å². The van der Waals surface area contributed by atoms with Gasteiger partial charge in [-0.05, 0) is 36.7 Å². The number of carbonyl (C=O) groups is 1. The van der Waals surface area contributed by atoms with Crippen LogP contribution in [0.5, 0.6) is 0 Å². The summed E-state index contributed by atoms with van der Waals surface area (Å²) in [6.45, 7) is 8.10. The molecule has 5 heteroatoms. The monoisotopic (exact) mass is 312 g/mol. The first-order valence-electron chi connectivity index (χ1n) is 7.39. The second-order valence-corrected chi connectivity index (χ2v) is 7.14. The van der Waals surface area contributed by atoms with Gasteiger partial charge in [0.05, 0.1) is 11.8 Å². The lowest BCUT2D eigenvalue weighted by Crippen LogP contribution is -2.33. The van der Waals surface area contributed by atoms with E-state index in [2.05, 4.69) is 25.8 Å². The Hall–Kier alpha value is -1.16. The molecule has 0 radical (unpaired) electrons. The van der Waals surface area contributed by atoms with Crippen LogP contribution in [0.3, 0.4) is 0 Å². The minimum Gasteiger partial charge on any atom is -0.339 e. The number of pyridine rings is 1. The van der Waals surface area contributed by atoms with E-state index >= 15 is 0 Å². The van der Waals surface area contributed by atoms with Crippen molar-refractivity contribution in [3.05, 3.63) is 28.8 Å². The normalized spacial score (nSPS) is 20.2. The second kappa shape index (κ2) is 6.30. The number of aromatic nitrogens is 1. The van der Waals surface area contributed by atoms with Gasteiger partial charge in [-0.3, -0.25) is 4.79 Å². The SMILES string of the molecule is CC(C)(C)C1CCCN(C(=O)c2cc(F)cnc2Cl)CC1. The fourth-order valence-corrected chi connectivity index (χ4v) is 3.09. The molecule has 0 spiro atoms. The van der Waals surface area contributed by atoms with Crippen molar-refractivity contribution in [3.63, 3.8) is 0 Å². The summed E-state index contributed by atoms with van der Waals surface area (Å²) in [6, 6.07) is 1.17. The van der Waals surface area contributed by atoms with Crippen LogP contribution in [-0.2, 0) is 0 Å². The first-order valence-corrected chi connectivity index (χ1v) is 7.77. The van der Waals surface area contributed by atoms with Crippen LogP contribution in [0.1, 0.15) is 50.4 Å². The average Bonchev–Trinajstić information content (AvgIpc) is 2.66. The maximum absolute atomic E-state index is 13.3. The summed E-state index contributed by atoms with van der Waals surface area (Å²) in [5.41, 5.74) is 0.405. The topological polar surface area (TPSA) is 33.2 Å². The molecular formula is C16H22ClFN2O. The summed E-state index contributed by atoms with van der Waals surface area (Å²) in [6.07, 6.45) is 4.07. The number of carbonyl (C=O) groups excluding carboxylic acids is 1. The molecule has 3 nitrogen and oxygen atoms in total. The number of likely N-dealkylation sites (tertiary alicyclic amines) is 1. The molecular weight excluding hydrogens is 291 g/mol. The summed E-state index contributed by atoms with van der Waals surface area (Å²) < 4.78 is 13.3. The van der Waals surface area contributed by atoms with Crippen LogP contribution in [0.25, 0.3) is 0 Å². The van der Waals surface area contributed by atoms with Crippen molar-refractivity contribution in [2.45, 2.75) is 40.0 Å². The first-order chi connectivity index (χ1) is 9.79. The number of amides is 1. The van der Waals surface area contributed by atoms with E-state index in [-0.39, 0.29) is 22.0 Å². The van der Waals surface area contributed by atoms with E-state index < -0.39 is 5.82 Å².